The lowest BCUT2D eigenvalue weighted by Crippen LogP contribution is -2.39. The molecule has 0 saturated carbocycles. The maximum atomic E-state index is 13.0. The molecule has 1 fully saturated rings. The van der Waals surface area contributed by atoms with Crippen molar-refractivity contribution in [2.75, 3.05) is 27.0 Å². The third-order valence-electron chi connectivity index (χ3n) is 6.56. The summed E-state index contributed by atoms with van der Waals surface area (Å²) in [6.07, 6.45) is 1.90. The summed E-state index contributed by atoms with van der Waals surface area (Å²) in [6.45, 7) is 1.99. The molecule has 2 amide bonds. The second kappa shape index (κ2) is 10.1. The second-order valence-corrected chi connectivity index (χ2v) is 8.81. The molecule has 35 heavy (non-hydrogen) atoms. The Balaban J connectivity index is 1.22. The highest BCUT2D eigenvalue weighted by molar-refractivity contribution is 5.95. The minimum Gasteiger partial charge on any atom is -0.497 e. The van der Waals surface area contributed by atoms with Gasteiger partial charge in [0.15, 0.2) is 11.5 Å². The van der Waals surface area contributed by atoms with E-state index in [1.165, 1.54) is 0 Å². The number of piperidine rings is 1. The van der Waals surface area contributed by atoms with Gasteiger partial charge < -0.3 is 24.4 Å². The number of ether oxygens (including phenoxy) is 3. The fraction of sp³-hybridized carbons (Fsp3) is 0.286. The molecule has 1 atom stereocenters. The Morgan fingerprint density at radius 1 is 1.00 bits per heavy atom. The molecule has 2 aliphatic rings. The average molecular weight is 473 g/mol. The molecular formula is C28H28N2O5. The fourth-order valence-electron chi connectivity index (χ4n) is 4.62. The number of fused-ring (bicyclic) bond motifs is 1. The number of benzene rings is 3. The van der Waals surface area contributed by atoms with Crippen LogP contribution in [0.3, 0.4) is 0 Å². The zero-order valence-electron chi connectivity index (χ0n) is 19.7. The lowest BCUT2D eigenvalue weighted by Gasteiger charge is -2.33. The Kier molecular flexibility index (Phi) is 6.57. The van der Waals surface area contributed by atoms with Crippen LogP contribution in [0.5, 0.6) is 17.2 Å². The zero-order chi connectivity index (χ0) is 24.2. The molecule has 3 aromatic rings. The van der Waals surface area contributed by atoms with Gasteiger partial charge in [0.1, 0.15) is 5.75 Å². The van der Waals surface area contributed by atoms with Crippen molar-refractivity contribution >= 4 is 11.8 Å². The Hall–Kier alpha value is -4.00. The minimum atomic E-state index is -0.133. The molecule has 1 saturated heterocycles. The summed E-state index contributed by atoms with van der Waals surface area (Å²) in [4.78, 5) is 27.8. The van der Waals surface area contributed by atoms with Gasteiger partial charge in [-0.05, 0) is 72.5 Å². The van der Waals surface area contributed by atoms with Gasteiger partial charge in [0.05, 0.1) is 7.11 Å². The van der Waals surface area contributed by atoms with E-state index >= 15 is 0 Å². The van der Waals surface area contributed by atoms with E-state index < -0.39 is 0 Å². The molecule has 0 aliphatic carbocycles. The van der Waals surface area contributed by atoms with Crippen molar-refractivity contribution in [2.45, 2.75) is 25.3 Å². The Bertz CT molecular complexity index is 1220. The molecule has 180 valence electrons. The smallest absolute Gasteiger partial charge is 0.253 e. The number of carbonyl (C=O) groups is 2. The summed E-state index contributed by atoms with van der Waals surface area (Å²) >= 11 is 0. The van der Waals surface area contributed by atoms with E-state index in [-0.39, 0.29) is 24.5 Å². The molecule has 2 aliphatic heterocycles. The van der Waals surface area contributed by atoms with Crippen molar-refractivity contribution in [1.82, 2.24) is 10.2 Å². The largest absolute Gasteiger partial charge is 0.497 e. The number of nitrogens with one attached hydrogen (secondary N) is 1. The molecule has 5 rings (SSSR count). The predicted molar refractivity (Wildman–Crippen MR) is 131 cm³/mol. The highest BCUT2D eigenvalue weighted by Gasteiger charge is 2.26. The summed E-state index contributed by atoms with van der Waals surface area (Å²) < 4.78 is 15.9. The van der Waals surface area contributed by atoms with Crippen LogP contribution in [0, 0.1) is 0 Å². The van der Waals surface area contributed by atoms with Gasteiger partial charge in [-0.15, -0.1) is 0 Å². The normalized spacial score (nSPS) is 16.6. The summed E-state index contributed by atoms with van der Waals surface area (Å²) in [5.74, 6) is 2.23. The average Bonchev–Trinajstić information content (AvgIpc) is 3.39. The van der Waals surface area contributed by atoms with E-state index in [2.05, 4.69) is 5.32 Å². The third-order valence-corrected chi connectivity index (χ3v) is 6.56. The first-order valence-corrected chi connectivity index (χ1v) is 11.8. The highest BCUT2D eigenvalue weighted by Crippen LogP contribution is 2.32. The highest BCUT2D eigenvalue weighted by atomic mass is 16.7. The standard InChI is InChI=1S/C28H28N2O5/c1-33-24-10-8-20(9-11-24)28(32)30-13-3-6-23(17-30)21-4-2-5-22(15-21)27(31)29-16-19-7-12-25-26(14-19)35-18-34-25/h2,4-5,7-12,14-15,23H,3,6,13,16-18H2,1H3,(H,29,31)/t23-/m1/s1. The van der Waals surface area contributed by atoms with Crippen LogP contribution in [-0.4, -0.2) is 43.7 Å². The van der Waals surface area contributed by atoms with E-state index in [0.717, 1.165) is 42.0 Å². The fourth-order valence-corrected chi connectivity index (χ4v) is 4.62. The van der Waals surface area contributed by atoms with Gasteiger partial charge in [-0.1, -0.05) is 18.2 Å². The number of carbonyl (C=O) groups excluding carboxylic acids is 2. The van der Waals surface area contributed by atoms with Gasteiger partial charge in [0.2, 0.25) is 6.79 Å². The van der Waals surface area contributed by atoms with Crippen molar-refractivity contribution in [2.24, 2.45) is 0 Å². The molecule has 7 nitrogen and oxygen atoms in total. The summed E-state index contributed by atoms with van der Waals surface area (Å²) in [5, 5.41) is 2.98. The summed E-state index contributed by atoms with van der Waals surface area (Å²) in [5.41, 5.74) is 3.29. The minimum absolute atomic E-state index is 0.0231. The first-order valence-electron chi connectivity index (χ1n) is 11.8. The predicted octanol–water partition coefficient (Wildman–Crippen LogP) is 4.37. The van der Waals surface area contributed by atoms with Gasteiger partial charge in [-0.2, -0.15) is 0 Å². The lowest BCUT2D eigenvalue weighted by atomic mass is 9.89. The zero-order valence-corrected chi connectivity index (χ0v) is 19.7. The van der Waals surface area contributed by atoms with Crippen molar-refractivity contribution < 1.29 is 23.8 Å². The van der Waals surface area contributed by atoms with Crippen LogP contribution in [0.4, 0.5) is 0 Å². The van der Waals surface area contributed by atoms with Gasteiger partial charge in [-0.3, -0.25) is 9.59 Å². The van der Waals surface area contributed by atoms with Crippen molar-refractivity contribution in [1.29, 1.82) is 0 Å². The molecule has 7 heteroatoms. The molecule has 2 heterocycles. The molecule has 3 aromatic carbocycles. The number of amides is 2. The first kappa shape index (κ1) is 22.8. The van der Waals surface area contributed by atoms with Gasteiger partial charge in [-0.25, -0.2) is 0 Å². The number of nitrogens with zero attached hydrogens (tertiary/aromatic N) is 1. The van der Waals surface area contributed by atoms with Crippen molar-refractivity contribution in [3.63, 3.8) is 0 Å². The molecule has 0 bridgehead atoms. The second-order valence-electron chi connectivity index (χ2n) is 8.81. The molecule has 1 N–H and O–H groups in total. The van der Waals surface area contributed by atoms with Crippen LogP contribution >= 0.6 is 0 Å². The monoisotopic (exact) mass is 472 g/mol. The Morgan fingerprint density at radius 3 is 2.66 bits per heavy atom. The number of hydrogen-bond donors (Lipinski definition) is 1. The molecule has 0 radical (unpaired) electrons. The number of rotatable bonds is 6. The van der Waals surface area contributed by atoms with Crippen molar-refractivity contribution in [3.05, 3.63) is 89.0 Å². The van der Waals surface area contributed by atoms with Crippen LogP contribution in [0.25, 0.3) is 0 Å². The van der Waals surface area contributed by atoms with Gasteiger partial charge >= 0.3 is 0 Å². The van der Waals surface area contributed by atoms with E-state index in [1.807, 2.05) is 47.4 Å². The SMILES string of the molecule is COc1ccc(C(=O)N2CCC[C@@H](c3cccc(C(=O)NCc4ccc5c(c4)OCO5)c3)C2)cc1. The van der Waals surface area contributed by atoms with Crippen LogP contribution in [-0.2, 0) is 6.54 Å². The number of likely N-dealkylation sites (tertiary alicyclic amines) is 1. The topological polar surface area (TPSA) is 77.1 Å². The van der Waals surface area contributed by atoms with Crippen LogP contribution in [0.2, 0.25) is 0 Å². The van der Waals surface area contributed by atoms with Gasteiger partial charge in [0.25, 0.3) is 11.8 Å². The van der Waals surface area contributed by atoms with Crippen LogP contribution in [0.15, 0.2) is 66.7 Å². The first-order chi connectivity index (χ1) is 17.1. The van der Waals surface area contributed by atoms with E-state index in [0.29, 0.717) is 30.0 Å². The number of hydrogen-bond acceptors (Lipinski definition) is 5. The van der Waals surface area contributed by atoms with E-state index in [1.54, 1.807) is 31.4 Å². The van der Waals surface area contributed by atoms with E-state index in [4.69, 9.17) is 14.2 Å². The Labute approximate surface area is 204 Å². The van der Waals surface area contributed by atoms with Crippen molar-refractivity contribution in [3.8, 4) is 17.2 Å². The van der Waals surface area contributed by atoms with Gasteiger partial charge in [0, 0.05) is 36.7 Å². The molecule has 0 spiro atoms. The lowest BCUT2D eigenvalue weighted by molar-refractivity contribution is 0.0706. The third kappa shape index (κ3) is 5.09. The Morgan fingerprint density at radius 2 is 1.83 bits per heavy atom. The summed E-state index contributed by atoms with van der Waals surface area (Å²) in [6, 6.07) is 20.6. The van der Waals surface area contributed by atoms with Crippen LogP contribution in [0.1, 0.15) is 50.6 Å². The van der Waals surface area contributed by atoms with Crippen LogP contribution < -0.4 is 19.5 Å². The quantitative estimate of drug-likeness (QED) is 0.576. The molecule has 0 unspecified atom stereocenters. The molecular weight excluding hydrogens is 444 g/mol. The van der Waals surface area contributed by atoms with E-state index in [9.17, 15) is 9.59 Å². The molecule has 0 aromatic heterocycles. The summed E-state index contributed by atoms with van der Waals surface area (Å²) in [7, 11) is 1.61. The maximum absolute atomic E-state index is 13.0. The maximum Gasteiger partial charge on any atom is 0.253 e. The number of methoxy groups -OCH3 is 1.